The van der Waals surface area contributed by atoms with E-state index in [2.05, 4.69) is 20.6 Å². The predicted molar refractivity (Wildman–Crippen MR) is 90.4 cm³/mol. The van der Waals surface area contributed by atoms with Crippen molar-refractivity contribution < 1.29 is 9.53 Å². The zero-order chi connectivity index (χ0) is 16.7. The summed E-state index contributed by atoms with van der Waals surface area (Å²) in [6.45, 7) is 5.16. The van der Waals surface area contributed by atoms with Crippen LogP contribution in [0.4, 0.5) is 5.82 Å². The Bertz CT molecular complexity index is 661. The second-order valence-corrected chi connectivity index (χ2v) is 5.21. The van der Waals surface area contributed by atoms with Crippen molar-refractivity contribution in [1.82, 2.24) is 15.3 Å². The molecular formula is C17H22N4O2. The summed E-state index contributed by atoms with van der Waals surface area (Å²) >= 11 is 0. The second-order valence-electron chi connectivity index (χ2n) is 5.21. The number of hydrogen-bond acceptors (Lipinski definition) is 5. The number of aromatic nitrogens is 2. The Labute approximate surface area is 136 Å². The van der Waals surface area contributed by atoms with Crippen LogP contribution in [-0.2, 0) is 4.74 Å². The van der Waals surface area contributed by atoms with Gasteiger partial charge in [-0.05, 0) is 32.0 Å². The number of hydrogen-bond donors (Lipinski definition) is 2. The highest BCUT2D eigenvalue weighted by atomic mass is 16.5. The minimum absolute atomic E-state index is 0.0514. The van der Waals surface area contributed by atoms with Gasteiger partial charge >= 0.3 is 0 Å². The number of methoxy groups -OCH3 is 1. The van der Waals surface area contributed by atoms with Gasteiger partial charge in [0.2, 0.25) is 0 Å². The van der Waals surface area contributed by atoms with Crippen LogP contribution in [0.25, 0.3) is 11.4 Å². The van der Waals surface area contributed by atoms with Crippen LogP contribution in [0, 0.1) is 0 Å². The standard InChI is InChI=1S/C17H22N4O2/c1-4-18-15-8-9-19-16(21-15)13-6-5-7-14(10-13)17(22)20-12(2)11-23-3/h5-10,12H,4,11H2,1-3H3,(H,20,22)(H,18,19,21)/t12-/m1/s1. The van der Waals surface area contributed by atoms with E-state index in [9.17, 15) is 4.79 Å². The van der Waals surface area contributed by atoms with Crippen LogP contribution in [0.3, 0.4) is 0 Å². The van der Waals surface area contributed by atoms with E-state index in [1.54, 1.807) is 25.4 Å². The fraction of sp³-hybridized carbons (Fsp3) is 0.353. The van der Waals surface area contributed by atoms with Crippen molar-refractivity contribution in [3.05, 3.63) is 42.1 Å². The zero-order valence-electron chi connectivity index (χ0n) is 13.7. The molecule has 1 aromatic carbocycles. The number of rotatable bonds is 7. The van der Waals surface area contributed by atoms with E-state index in [1.807, 2.05) is 32.0 Å². The third-order valence-electron chi connectivity index (χ3n) is 3.19. The van der Waals surface area contributed by atoms with E-state index < -0.39 is 0 Å². The molecule has 0 aliphatic heterocycles. The van der Waals surface area contributed by atoms with E-state index in [1.165, 1.54) is 0 Å². The Morgan fingerprint density at radius 2 is 2.17 bits per heavy atom. The van der Waals surface area contributed by atoms with E-state index in [0.717, 1.165) is 17.9 Å². The number of carbonyl (C=O) groups excluding carboxylic acids is 1. The Morgan fingerprint density at radius 3 is 2.91 bits per heavy atom. The van der Waals surface area contributed by atoms with Crippen LogP contribution in [0.1, 0.15) is 24.2 Å². The van der Waals surface area contributed by atoms with Crippen molar-refractivity contribution in [2.24, 2.45) is 0 Å². The SMILES string of the molecule is CCNc1ccnc(-c2cccc(C(=O)N[C@H](C)COC)c2)n1. The third kappa shape index (κ3) is 4.75. The van der Waals surface area contributed by atoms with Gasteiger partial charge in [0.15, 0.2) is 5.82 Å². The summed E-state index contributed by atoms with van der Waals surface area (Å²) in [6, 6.07) is 9.04. The molecule has 0 aliphatic carbocycles. The van der Waals surface area contributed by atoms with Crippen molar-refractivity contribution in [2.45, 2.75) is 19.9 Å². The molecule has 0 fully saturated rings. The van der Waals surface area contributed by atoms with Crippen molar-refractivity contribution in [1.29, 1.82) is 0 Å². The first-order valence-corrected chi connectivity index (χ1v) is 7.61. The first kappa shape index (κ1) is 16.9. The second kappa shape index (κ2) is 8.24. The molecule has 0 spiro atoms. The van der Waals surface area contributed by atoms with Crippen LogP contribution < -0.4 is 10.6 Å². The van der Waals surface area contributed by atoms with Crippen molar-refractivity contribution in [3.63, 3.8) is 0 Å². The Morgan fingerprint density at radius 1 is 1.35 bits per heavy atom. The minimum atomic E-state index is -0.140. The van der Waals surface area contributed by atoms with Crippen LogP contribution >= 0.6 is 0 Å². The maximum Gasteiger partial charge on any atom is 0.251 e. The summed E-state index contributed by atoms with van der Waals surface area (Å²) in [5.74, 6) is 1.21. The normalized spacial score (nSPS) is 11.8. The molecule has 0 radical (unpaired) electrons. The molecular weight excluding hydrogens is 292 g/mol. The molecule has 0 aliphatic rings. The fourth-order valence-corrected chi connectivity index (χ4v) is 2.18. The molecule has 0 saturated carbocycles. The molecule has 0 bridgehead atoms. The lowest BCUT2D eigenvalue weighted by Gasteiger charge is -2.13. The van der Waals surface area contributed by atoms with Gasteiger partial charge in [-0.15, -0.1) is 0 Å². The molecule has 2 N–H and O–H groups in total. The number of nitrogens with one attached hydrogen (secondary N) is 2. The van der Waals surface area contributed by atoms with Crippen molar-refractivity contribution in [2.75, 3.05) is 25.6 Å². The van der Waals surface area contributed by atoms with Gasteiger partial charge in [-0.3, -0.25) is 4.79 Å². The molecule has 6 heteroatoms. The van der Waals surface area contributed by atoms with Crippen LogP contribution in [0.2, 0.25) is 0 Å². The van der Waals surface area contributed by atoms with Gasteiger partial charge in [0.05, 0.1) is 6.61 Å². The van der Waals surface area contributed by atoms with E-state index in [4.69, 9.17) is 4.74 Å². The molecule has 1 aromatic heterocycles. The quantitative estimate of drug-likeness (QED) is 0.820. The lowest BCUT2D eigenvalue weighted by atomic mass is 10.1. The predicted octanol–water partition coefficient (Wildman–Crippen LogP) is 2.34. The highest BCUT2D eigenvalue weighted by Gasteiger charge is 2.11. The molecule has 1 heterocycles. The maximum atomic E-state index is 12.3. The Hall–Kier alpha value is -2.47. The smallest absolute Gasteiger partial charge is 0.251 e. The van der Waals surface area contributed by atoms with Gasteiger partial charge in [-0.1, -0.05) is 12.1 Å². The van der Waals surface area contributed by atoms with Gasteiger partial charge in [0, 0.05) is 37.0 Å². The topological polar surface area (TPSA) is 76.1 Å². The van der Waals surface area contributed by atoms with Gasteiger partial charge < -0.3 is 15.4 Å². The molecule has 1 amide bonds. The van der Waals surface area contributed by atoms with E-state index in [0.29, 0.717) is 18.0 Å². The first-order valence-electron chi connectivity index (χ1n) is 7.61. The molecule has 0 unspecified atom stereocenters. The van der Waals surface area contributed by atoms with E-state index in [-0.39, 0.29) is 11.9 Å². The molecule has 1 atom stereocenters. The van der Waals surface area contributed by atoms with Gasteiger partial charge in [0.1, 0.15) is 5.82 Å². The maximum absolute atomic E-state index is 12.3. The summed E-state index contributed by atoms with van der Waals surface area (Å²) < 4.78 is 5.03. The summed E-state index contributed by atoms with van der Waals surface area (Å²) in [5.41, 5.74) is 1.37. The summed E-state index contributed by atoms with van der Waals surface area (Å²) in [4.78, 5) is 21.0. The molecule has 2 aromatic rings. The van der Waals surface area contributed by atoms with Gasteiger partial charge in [0.25, 0.3) is 5.91 Å². The van der Waals surface area contributed by atoms with E-state index >= 15 is 0 Å². The average Bonchev–Trinajstić information content (AvgIpc) is 2.56. The molecule has 2 rings (SSSR count). The molecule has 0 saturated heterocycles. The number of amides is 1. The number of benzene rings is 1. The molecule has 6 nitrogen and oxygen atoms in total. The van der Waals surface area contributed by atoms with Gasteiger partial charge in [-0.25, -0.2) is 9.97 Å². The largest absolute Gasteiger partial charge is 0.383 e. The molecule has 23 heavy (non-hydrogen) atoms. The monoisotopic (exact) mass is 314 g/mol. The number of anilines is 1. The van der Waals surface area contributed by atoms with Crippen molar-refractivity contribution >= 4 is 11.7 Å². The third-order valence-corrected chi connectivity index (χ3v) is 3.19. The van der Waals surface area contributed by atoms with Crippen LogP contribution in [0.5, 0.6) is 0 Å². The lowest BCUT2D eigenvalue weighted by molar-refractivity contribution is 0.0905. The minimum Gasteiger partial charge on any atom is -0.383 e. The number of ether oxygens (including phenoxy) is 1. The first-order chi connectivity index (χ1) is 11.1. The summed E-state index contributed by atoms with van der Waals surface area (Å²) in [7, 11) is 1.61. The van der Waals surface area contributed by atoms with Crippen molar-refractivity contribution in [3.8, 4) is 11.4 Å². The van der Waals surface area contributed by atoms with Crippen LogP contribution in [0.15, 0.2) is 36.5 Å². The highest BCUT2D eigenvalue weighted by molar-refractivity contribution is 5.95. The zero-order valence-corrected chi connectivity index (χ0v) is 13.7. The Balaban J connectivity index is 2.19. The number of carbonyl (C=O) groups is 1. The average molecular weight is 314 g/mol. The summed E-state index contributed by atoms with van der Waals surface area (Å²) in [6.07, 6.45) is 1.70. The Kier molecular flexibility index (Phi) is 6.05. The van der Waals surface area contributed by atoms with Gasteiger partial charge in [-0.2, -0.15) is 0 Å². The lowest BCUT2D eigenvalue weighted by Crippen LogP contribution is -2.35. The summed E-state index contributed by atoms with van der Waals surface area (Å²) in [5, 5.41) is 6.04. The number of nitrogens with zero attached hydrogens (tertiary/aromatic N) is 2. The highest BCUT2D eigenvalue weighted by Crippen LogP contribution is 2.18. The fourth-order valence-electron chi connectivity index (χ4n) is 2.18. The molecule has 122 valence electrons. The van der Waals surface area contributed by atoms with Crippen LogP contribution in [-0.4, -0.2) is 42.2 Å².